The van der Waals surface area contributed by atoms with Crippen LogP contribution in [0.4, 0.5) is 4.39 Å². The van der Waals surface area contributed by atoms with Crippen LogP contribution in [-0.2, 0) is 4.74 Å². The molecule has 3 rings (SSSR count). The molecule has 22 heavy (non-hydrogen) atoms. The molecule has 0 aliphatic carbocycles. The predicted molar refractivity (Wildman–Crippen MR) is 79.5 cm³/mol. The minimum atomic E-state index is -1.70. The molecule has 0 radical (unpaired) electrons. The molecule has 5 atom stereocenters. The largest absolute Gasteiger partial charge is 0.504 e. The van der Waals surface area contributed by atoms with Crippen LogP contribution >= 0.6 is 0 Å². The number of nitrogens with two attached hydrogens (primary N) is 1. The normalized spacial score (nSPS) is 32.1. The number of aliphatic hydroxyl groups is 1. The summed E-state index contributed by atoms with van der Waals surface area (Å²) < 4.78 is 25.2. The number of hydrogen-bond acceptors (Lipinski definition) is 5. The summed E-state index contributed by atoms with van der Waals surface area (Å²) in [7, 11) is 0. The molecule has 4 N–H and O–H groups in total. The van der Waals surface area contributed by atoms with Crippen molar-refractivity contribution in [2.45, 2.75) is 37.6 Å². The molecule has 0 aromatic heterocycles. The van der Waals surface area contributed by atoms with Gasteiger partial charge in [0.15, 0.2) is 17.7 Å². The Labute approximate surface area is 127 Å². The van der Waals surface area contributed by atoms with Gasteiger partial charge in [0, 0.05) is 5.39 Å². The number of ether oxygens (including phenoxy) is 2. The van der Waals surface area contributed by atoms with E-state index in [1.165, 1.54) is 6.07 Å². The number of phenolic OH excluding ortho intramolecular Hbond substituents is 1. The van der Waals surface area contributed by atoms with E-state index in [4.69, 9.17) is 15.2 Å². The standard InChI is InChI=1S/C16H18FNO4/c1-8-14(20)13(18)12(17)16(21-8)22-15-10-5-3-2-4-9(10)6-7-11(15)19/h2-8,12-14,16,19-20H,18H2,1H3/t8-,12+,13-,14+,16-/m0/s1. The van der Waals surface area contributed by atoms with E-state index >= 15 is 0 Å². The Kier molecular flexibility index (Phi) is 3.90. The van der Waals surface area contributed by atoms with Gasteiger partial charge in [-0.1, -0.05) is 30.3 Å². The number of fused-ring (bicyclic) bond motifs is 1. The summed E-state index contributed by atoms with van der Waals surface area (Å²) >= 11 is 0. The minimum absolute atomic E-state index is 0.109. The SMILES string of the molecule is C[C@@H]1O[C@@H](Oc2c(O)ccc3ccccc23)[C@H](F)[C@H](N)[C@@H]1O. The summed E-state index contributed by atoms with van der Waals surface area (Å²) in [6, 6.07) is 9.38. The van der Waals surface area contributed by atoms with Gasteiger partial charge in [0.2, 0.25) is 6.29 Å². The molecule has 0 unspecified atom stereocenters. The van der Waals surface area contributed by atoms with Gasteiger partial charge in [-0.2, -0.15) is 0 Å². The molecule has 0 bridgehead atoms. The maximum Gasteiger partial charge on any atom is 0.233 e. The monoisotopic (exact) mass is 307 g/mol. The lowest BCUT2D eigenvalue weighted by molar-refractivity contribution is -0.219. The first-order chi connectivity index (χ1) is 10.5. The second kappa shape index (κ2) is 5.72. The molecule has 1 heterocycles. The van der Waals surface area contributed by atoms with Crippen molar-refractivity contribution in [2.24, 2.45) is 5.73 Å². The van der Waals surface area contributed by atoms with Gasteiger partial charge in [0.1, 0.15) is 0 Å². The number of halogens is 1. The Morgan fingerprint density at radius 3 is 2.73 bits per heavy atom. The van der Waals surface area contributed by atoms with E-state index in [0.717, 1.165) is 5.39 Å². The van der Waals surface area contributed by atoms with E-state index in [2.05, 4.69) is 0 Å². The smallest absolute Gasteiger partial charge is 0.233 e. The van der Waals surface area contributed by atoms with Crippen molar-refractivity contribution < 1.29 is 24.1 Å². The van der Waals surface area contributed by atoms with Crippen LogP contribution in [-0.4, -0.2) is 40.9 Å². The number of hydrogen-bond donors (Lipinski definition) is 3. The van der Waals surface area contributed by atoms with Crippen LogP contribution in [0.2, 0.25) is 0 Å². The summed E-state index contributed by atoms with van der Waals surface area (Å²) in [6.07, 6.45) is -4.75. The van der Waals surface area contributed by atoms with Crippen LogP contribution in [0, 0.1) is 0 Å². The van der Waals surface area contributed by atoms with Crippen molar-refractivity contribution in [3.05, 3.63) is 36.4 Å². The van der Waals surface area contributed by atoms with E-state index in [0.29, 0.717) is 5.39 Å². The summed E-state index contributed by atoms with van der Waals surface area (Å²) in [5.41, 5.74) is 5.66. The van der Waals surface area contributed by atoms with E-state index < -0.39 is 30.7 Å². The zero-order valence-corrected chi connectivity index (χ0v) is 12.0. The maximum atomic E-state index is 14.3. The Hall–Kier alpha value is -1.89. The first-order valence-corrected chi connectivity index (χ1v) is 7.09. The highest BCUT2D eigenvalue weighted by Crippen LogP contribution is 2.37. The molecule has 118 valence electrons. The summed E-state index contributed by atoms with van der Waals surface area (Å²) in [5.74, 6) is 0.0309. The van der Waals surface area contributed by atoms with Crippen LogP contribution < -0.4 is 10.5 Å². The molecule has 2 aromatic rings. The molecule has 0 amide bonds. The second-order valence-corrected chi connectivity index (χ2v) is 5.47. The Morgan fingerprint density at radius 1 is 1.23 bits per heavy atom. The number of aromatic hydroxyl groups is 1. The molecule has 0 spiro atoms. The van der Waals surface area contributed by atoms with E-state index in [9.17, 15) is 14.6 Å². The Balaban J connectivity index is 1.94. The minimum Gasteiger partial charge on any atom is -0.504 e. The highest BCUT2D eigenvalue weighted by atomic mass is 19.1. The average Bonchev–Trinajstić information content (AvgIpc) is 2.53. The fraction of sp³-hybridized carbons (Fsp3) is 0.375. The molecular formula is C16H18FNO4. The zero-order chi connectivity index (χ0) is 15.9. The van der Waals surface area contributed by atoms with Gasteiger partial charge in [0.25, 0.3) is 0 Å². The lowest BCUT2D eigenvalue weighted by Gasteiger charge is -2.38. The molecule has 1 aliphatic rings. The van der Waals surface area contributed by atoms with Crippen LogP contribution in [0.5, 0.6) is 11.5 Å². The molecule has 1 fully saturated rings. The Morgan fingerprint density at radius 2 is 1.95 bits per heavy atom. The Bertz CT molecular complexity index is 680. The third kappa shape index (κ3) is 2.49. The third-order valence-corrected chi connectivity index (χ3v) is 3.94. The van der Waals surface area contributed by atoms with Crippen LogP contribution in [0.1, 0.15) is 6.92 Å². The third-order valence-electron chi connectivity index (χ3n) is 3.94. The molecule has 0 saturated carbocycles. The quantitative estimate of drug-likeness (QED) is 0.786. The number of alkyl halides is 1. The topological polar surface area (TPSA) is 84.9 Å². The fourth-order valence-corrected chi connectivity index (χ4v) is 2.61. The predicted octanol–water partition coefficient (Wildman–Crippen LogP) is 1.70. The fourth-order valence-electron chi connectivity index (χ4n) is 2.61. The van der Waals surface area contributed by atoms with Gasteiger partial charge in [-0.3, -0.25) is 0 Å². The maximum absolute atomic E-state index is 14.3. The van der Waals surface area contributed by atoms with E-state index in [-0.39, 0.29) is 11.5 Å². The van der Waals surface area contributed by atoms with Crippen molar-refractivity contribution in [3.63, 3.8) is 0 Å². The summed E-state index contributed by atoms with van der Waals surface area (Å²) in [5, 5.41) is 21.2. The van der Waals surface area contributed by atoms with Crippen LogP contribution in [0.15, 0.2) is 36.4 Å². The summed E-state index contributed by atoms with van der Waals surface area (Å²) in [6.45, 7) is 1.59. The van der Waals surface area contributed by atoms with Gasteiger partial charge in [0.05, 0.1) is 18.2 Å². The number of aliphatic hydroxyl groups excluding tert-OH is 1. The van der Waals surface area contributed by atoms with E-state index in [1.807, 2.05) is 12.1 Å². The van der Waals surface area contributed by atoms with Gasteiger partial charge >= 0.3 is 0 Å². The molecule has 2 aromatic carbocycles. The van der Waals surface area contributed by atoms with Gasteiger partial charge in [-0.05, 0) is 18.4 Å². The van der Waals surface area contributed by atoms with E-state index in [1.54, 1.807) is 25.1 Å². The first-order valence-electron chi connectivity index (χ1n) is 7.09. The van der Waals surface area contributed by atoms with Gasteiger partial charge in [-0.15, -0.1) is 0 Å². The molecular weight excluding hydrogens is 289 g/mol. The van der Waals surface area contributed by atoms with Gasteiger partial charge in [-0.25, -0.2) is 4.39 Å². The highest BCUT2D eigenvalue weighted by molar-refractivity contribution is 5.90. The van der Waals surface area contributed by atoms with Gasteiger partial charge < -0.3 is 25.4 Å². The van der Waals surface area contributed by atoms with Crippen molar-refractivity contribution in [2.75, 3.05) is 0 Å². The van der Waals surface area contributed by atoms with Crippen molar-refractivity contribution in [1.82, 2.24) is 0 Å². The first kappa shape index (κ1) is 15.0. The molecule has 1 aliphatic heterocycles. The summed E-state index contributed by atoms with van der Waals surface area (Å²) in [4.78, 5) is 0. The van der Waals surface area contributed by atoms with Crippen molar-refractivity contribution >= 4 is 10.8 Å². The van der Waals surface area contributed by atoms with Crippen LogP contribution in [0.25, 0.3) is 10.8 Å². The van der Waals surface area contributed by atoms with Crippen molar-refractivity contribution in [3.8, 4) is 11.5 Å². The lowest BCUT2D eigenvalue weighted by atomic mass is 9.99. The zero-order valence-electron chi connectivity index (χ0n) is 12.0. The lowest BCUT2D eigenvalue weighted by Crippen LogP contribution is -2.60. The highest BCUT2D eigenvalue weighted by Gasteiger charge is 2.43. The second-order valence-electron chi connectivity index (χ2n) is 5.47. The number of rotatable bonds is 2. The average molecular weight is 307 g/mol. The molecule has 6 heteroatoms. The number of benzene rings is 2. The van der Waals surface area contributed by atoms with Crippen LogP contribution in [0.3, 0.4) is 0 Å². The number of phenols is 1. The molecule has 5 nitrogen and oxygen atoms in total. The molecule has 1 saturated heterocycles. The van der Waals surface area contributed by atoms with Crippen molar-refractivity contribution in [1.29, 1.82) is 0 Å².